The van der Waals surface area contributed by atoms with Gasteiger partial charge in [-0.2, -0.15) is 0 Å². The molecule has 13 heavy (non-hydrogen) atoms. The second kappa shape index (κ2) is 4.40. The molecule has 3 nitrogen and oxygen atoms in total. The SMILES string of the molecule is CC1CCCCC1(N)CC(O)CO. The molecule has 78 valence electrons. The van der Waals surface area contributed by atoms with Gasteiger partial charge in [0.2, 0.25) is 0 Å². The summed E-state index contributed by atoms with van der Waals surface area (Å²) in [5, 5.41) is 18.1. The molecule has 0 bridgehead atoms. The Morgan fingerprint density at radius 1 is 1.54 bits per heavy atom. The Morgan fingerprint density at radius 2 is 2.23 bits per heavy atom. The molecule has 0 aromatic heterocycles. The van der Waals surface area contributed by atoms with Crippen LogP contribution in [-0.2, 0) is 0 Å². The van der Waals surface area contributed by atoms with E-state index in [0.717, 1.165) is 19.3 Å². The van der Waals surface area contributed by atoms with E-state index in [0.29, 0.717) is 12.3 Å². The van der Waals surface area contributed by atoms with Gasteiger partial charge in [0.1, 0.15) is 0 Å². The predicted octanol–water partition coefficient (Wildman–Crippen LogP) is 0.637. The Bertz CT molecular complexity index is 163. The van der Waals surface area contributed by atoms with Gasteiger partial charge in [0.15, 0.2) is 0 Å². The lowest BCUT2D eigenvalue weighted by molar-refractivity contribution is 0.0457. The van der Waals surface area contributed by atoms with Gasteiger partial charge in [0, 0.05) is 5.54 Å². The van der Waals surface area contributed by atoms with E-state index in [2.05, 4.69) is 6.92 Å². The molecule has 0 saturated heterocycles. The molecule has 4 N–H and O–H groups in total. The van der Waals surface area contributed by atoms with Gasteiger partial charge in [-0.3, -0.25) is 0 Å². The summed E-state index contributed by atoms with van der Waals surface area (Å²) in [6.07, 6.45) is 4.41. The van der Waals surface area contributed by atoms with Crippen molar-refractivity contribution >= 4 is 0 Å². The van der Waals surface area contributed by atoms with E-state index >= 15 is 0 Å². The quantitative estimate of drug-likeness (QED) is 0.607. The zero-order valence-corrected chi connectivity index (χ0v) is 8.37. The van der Waals surface area contributed by atoms with Crippen molar-refractivity contribution in [2.45, 2.75) is 50.7 Å². The molecule has 0 aliphatic heterocycles. The molecule has 3 atom stereocenters. The normalized spacial score (nSPS) is 37.4. The standard InChI is InChI=1S/C10H21NO2/c1-8-4-2-3-5-10(8,11)6-9(13)7-12/h8-9,12-13H,2-7,11H2,1H3. The molecule has 1 rings (SSSR count). The second-order valence-electron chi connectivity index (χ2n) is 4.42. The lowest BCUT2D eigenvalue weighted by Crippen LogP contribution is -2.50. The molecular formula is C10H21NO2. The first-order valence-corrected chi connectivity index (χ1v) is 5.16. The summed E-state index contributed by atoms with van der Waals surface area (Å²) in [4.78, 5) is 0. The summed E-state index contributed by atoms with van der Waals surface area (Å²) >= 11 is 0. The fraction of sp³-hybridized carbons (Fsp3) is 1.00. The third kappa shape index (κ3) is 2.66. The Balaban J connectivity index is 2.51. The first kappa shape index (κ1) is 11.0. The lowest BCUT2D eigenvalue weighted by Gasteiger charge is -2.40. The van der Waals surface area contributed by atoms with Gasteiger partial charge < -0.3 is 15.9 Å². The number of rotatable bonds is 3. The highest BCUT2D eigenvalue weighted by atomic mass is 16.3. The second-order valence-corrected chi connectivity index (χ2v) is 4.42. The number of aliphatic hydroxyl groups excluding tert-OH is 2. The highest BCUT2D eigenvalue weighted by molar-refractivity contribution is 4.93. The molecule has 0 spiro atoms. The largest absolute Gasteiger partial charge is 0.394 e. The molecule has 0 heterocycles. The van der Waals surface area contributed by atoms with Gasteiger partial charge in [-0.1, -0.05) is 19.8 Å². The fourth-order valence-corrected chi connectivity index (χ4v) is 2.24. The summed E-state index contributed by atoms with van der Waals surface area (Å²) in [7, 11) is 0. The third-order valence-corrected chi connectivity index (χ3v) is 3.34. The van der Waals surface area contributed by atoms with Gasteiger partial charge in [0.05, 0.1) is 12.7 Å². The predicted molar refractivity (Wildman–Crippen MR) is 52.3 cm³/mol. The van der Waals surface area contributed by atoms with Crippen LogP contribution in [0.25, 0.3) is 0 Å². The first-order valence-electron chi connectivity index (χ1n) is 5.16. The van der Waals surface area contributed by atoms with E-state index in [9.17, 15) is 5.11 Å². The van der Waals surface area contributed by atoms with Crippen molar-refractivity contribution < 1.29 is 10.2 Å². The highest BCUT2D eigenvalue weighted by Crippen LogP contribution is 2.34. The topological polar surface area (TPSA) is 66.5 Å². The van der Waals surface area contributed by atoms with Crippen molar-refractivity contribution in [3.8, 4) is 0 Å². The van der Waals surface area contributed by atoms with Crippen molar-refractivity contribution in [2.24, 2.45) is 11.7 Å². The van der Waals surface area contributed by atoms with Crippen LogP contribution in [0.3, 0.4) is 0 Å². The Hall–Kier alpha value is -0.120. The molecular weight excluding hydrogens is 166 g/mol. The summed E-state index contributed by atoms with van der Waals surface area (Å²) in [6, 6.07) is 0. The van der Waals surface area contributed by atoms with Crippen molar-refractivity contribution in [1.29, 1.82) is 0 Å². The van der Waals surface area contributed by atoms with E-state index < -0.39 is 6.10 Å². The molecule has 1 saturated carbocycles. The Morgan fingerprint density at radius 3 is 2.77 bits per heavy atom. The highest BCUT2D eigenvalue weighted by Gasteiger charge is 2.35. The summed E-state index contributed by atoms with van der Waals surface area (Å²) in [5.41, 5.74) is 5.96. The van der Waals surface area contributed by atoms with Crippen LogP contribution in [-0.4, -0.2) is 28.5 Å². The Kier molecular flexibility index (Phi) is 3.71. The molecule has 1 aliphatic carbocycles. The van der Waals surface area contributed by atoms with Crippen LogP contribution in [0.15, 0.2) is 0 Å². The van der Waals surface area contributed by atoms with Gasteiger partial charge in [0.25, 0.3) is 0 Å². The summed E-state index contributed by atoms with van der Waals surface area (Å²) in [6.45, 7) is 1.97. The van der Waals surface area contributed by atoms with Crippen LogP contribution in [0.5, 0.6) is 0 Å². The zero-order valence-electron chi connectivity index (χ0n) is 8.37. The lowest BCUT2D eigenvalue weighted by atomic mass is 9.71. The fourth-order valence-electron chi connectivity index (χ4n) is 2.24. The zero-order chi connectivity index (χ0) is 9.90. The van der Waals surface area contributed by atoms with E-state index in [-0.39, 0.29) is 12.1 Å². The molecule has 0 radical (unpaired) electrons. The van der Waals surface area contributed by atoms with Crippen LogP contribution < -0.4 is 5.73 Å². The van der Waals surface area contributed by atoms with Gasteiger partial charge in [-0.25, -0.2) is 0 Å². The molecule has 0 aromatic carbocycles. The third-order valence-electron chi connectivity index (χ3n) is 3.34. The smallest absolute Gasteiger partial charge is 0.0788 e. The maximum atomic E-state index is 9.36. The van der Waals surface area contributed by atoms with E-state index in [1.807, 2.05) is 0 Å². The summed E-state index contributed by atoms with van der Waals surface area (Å²) in [5.74, 6) is 0.461. The van der Waals surface area contributed by atoms with E-state index in [1.165, 1.54) is 6.42 Å². The van der Waals surface area contributed by atoms with E-state index in [1.54, 1.807) is 0 Å². The van der Waals surface area contributed by atoms with Gasteiger partial charge in [-0.05, 0) is 25.2 Å². The molecule has 1 fully saturated rings. The van der Waals surface area contributed by atoms with Gasteiger partial charge >= 0.3 is 0 Å². The minimum absolute atomic E-state index is 0.175. The molecule has 1 aliphatic rings. The minimum atomic E-state index is -0.648. The van der Waals surface area contributed by atoms with Crippen LogP contribution in [0.4, 0.5) is 0 Å². The van der Waals surface area contributed by atoms with Crippen LogP contribution in [0.1, 0.15) is 39.0 Å². The number of nitrogens with two attached hydrogens (primary N) is 1. The number of hydrogen-bond donors (Lipinski definition) is 3. The van der Waals surface area contributed by atoms with Crippen LogP contribution in [0, 0.1) is 5.92 Å². The van der Waals surface area contributed by atoms with Crippen molar-refractivity contribution in [2.75, 3.05) is 6.61 Å². The van der Waals surface area contributed by atoms with Crippen molar-refractivity contribution in [1.82, 2.24) is 0 Å². The minimum Gasteiger partial charge on any atom is -0.394 e. The first-order chi connectivity index (χ1) is 6.08. The molecule has 3 heteroatoms. The van der Waals surface area contributed by atoms with Crippen molar-refractivity contribution in [3.63, 3.8) is 0 Å². The number of aliphatic hydroxyl groups is 2. The maximum absolute atomic E-state index is 9.36. The molecule has 3 unspecified atom stereocenters. The maximum Gasteiger partial charge on any atom is 0.0788 e. The summed E-state index contributed by atoms with van der Waals surface area (Å²) < 4.78 is 0. The number of hydrogen-bond acceptors (Lipinski definition) is 3. The van der Waals surface area contributed by atoms with E-state index in [4.69, 9.17) is 10.8 Å². The van der Waals surface area contributed by atoms with Crippen molar-refractivity contribution in [3.05, 3.63) is 0 Å². The Labute approximate surface area is 79.9 Å². The average molecular weight is 187 g/mol. The van der Waals surface area contributed by atoms with Crippen LogP contribution in [0.2, 0.25) is 0 Å². The average Bonchev–Trinajstić information content (AvgIpc) is 2.10. The van der Waals surface area contributed by atoms with Gasteiger partial charge in [-0.15, -0.1) is 0 Å². The monoisotopic (exact) mass is 187 g/mol. The molecule has 0 aromatic rings. The van der Waals surface area contributed by atoms with Crippen LogP contribution >= 0.6 is 0 Å². The molecule has 0 amide bonds.